The molecule has 1 aliphatic rings. The zero-order valence-corrected chi connectivity index (χ0v) is 12.4. The Labute approximate surface area is 116 Å². The van der Waals surface area contributed by atoms with Gasteiger partial charge in [0.25, 0.3) is 0 Å². The topological polar surface area (TPSA) is 23.6 Å². The van der Waals surface area contributed by atoms with Crippen LogP contribution in [0, 0.1) is 0 Å². The lowest BCUT2D eigenvalue weighted by Gasteiger charge is -2.36. The second kappa shape index (κ2) is 5.24. The van der Waals surface area contributed by atoms with Crippen LogP contribution in [0.5, 0.6) is 0 Å². The van der Waals surface area contributed by atoms with E-state index >= 15 is 0 Å². The number of rotatable bonds is 1. The molecule has 1 aromatic carbocycles. The normalized spacial score (nSPS) is 16.6. The van der Waals surface area contributed by atoms with Crippen molar-refractivity contribution in [1.29, 1.82) is 0 Å². The summed E-state index contributed by atoms with van der Waals surface area (Å²) in [5.41, 5.74) is 2.81. The molecule has 1 aliphatic heterocycles. The van der Waals surface area contributed by atoms with Gasteiger partial charge in [-0.1, -0.05) is 32.9 Å². The summed E-state index contributed by atoms with van der Waals surface area (Å²) in [6.45, 7) is 11.9. The summed E-state index contributed by atoms with van der Waals surface area (Å²) >= 11 is 0. The lowest BCUT2D eigenvalue weighted by molar-refractivity contribution is -0.129. The Morgan fingerprint density at radius 1 is 1.11 bits per heavy atom. The van der Waals surface area contributed by atoms with Crippen LogP contribution >= 0.6 is 0 Å². The molecule has 0 saturated carbocycles. The van der Waals surface area contributed by atoms with Crippen molar-refractivity contribution in [2.45, 2.75) is 33.1 Å². The highest BCUT2D eigenvalue weighted by atomic mass is 16.2. The minimum Gasteiger partial charge on any atom is -0.368 e. The molecule has 1 fully saturated rings. The van der Waals surface area contributed by atoms with Crippen LogP contribution in [0.25, 0.3) is 0 Å². The highest BCUT2D eigenvalue weighted by Gasteiger charge is 2.20. The molecule has 104 valence electrons. The summed E-state index contributed by atoms with van der Waals surface area (Å²) in [7, 11) is 0. The lowest BCUT2D eigenvalue weighted by Crippen LogP contribution is -2.48. The summed E-state index contributed by atoms with van der Waals surface area (Å²) < 4.78 is 0. The summed E-state index contributed by atoms with van der Waals surface area (Å²) in [5, 5.41) is 0. The molecule has 1 saturated heterocycles. The van der Waals surface area contributed by atoms with E-state index in [0.717, 1.165) is 26.2 Å². The Kier molecular flexibility index (Phi) is 3.83. The second-order valence-electron chi connectivity index (χ2n) is 6.29. The molecule has 0 N–H and O–H groups in total. The minimum absolute atomic E-state index is 0.178. The Bertz CT molecular complexity index is 454. The third kappa shape index (κ3) is 3.28. The molecule has 2 rings (SSSR count). The van der Waals surface area contributed by atoms with Gasteiger partial charge in [-0.3, -0.25) is 4.79 Å². The van der Waals surface area contributed by atoms with Gasteiger partial charge in [-0.05, 0) is 23.1 Å². The van der Waals surface area contributed by atoms with E-state index in [4.69, 9.17) is 0 Å². The molecule has 1 heterocycles. The van der Waals surface area contributed by atoms with Crippen molar-refractivity contribution in [1.82, 2.24) is 4.90 Å². The van der Waals surface area contributed by atoms with Crippen molar-refractivity contribution in [3.63, 3.8) is 0 Å². The van der Waals surface area contributed by atoms with E-state index in [9.17, 15) is 4.79 Å². The van der Waals surface area contributed by atoms with E-state index in [1.54, 1.807) is 6.92 Å². The van der Waals surface area contributed by atoms with Gasteiger partial charge in [-0.15, -0.1) is 0 Å². The maximum atomic E-state index is 11.3. The molecule has 0 unspecified atom stereocenters. The summed E-state index contributed by atoms with van der Waals surface area (Å²) in [4.78, 5) is 15.6. The van der Waals surface area contributed by atoms with E-state index in [-0.39, 0.29) is 11.3 Å². The van der Waals surface area contributed by atoms with Crippen molar-refractivity contribution in [2.75, 3.05) is 31.1 Å². The Morgan fingerprint density at radius 3 is 2.26 bits per heavy atom. The molecule has 0 atom stereocenters. The number of hydrogen-bond acceptors (Lipinski definition) is 2. The number of anilines is 1. The molecule has 0 bridgehead atoms. The monoisotopic (exact) mass is 260 g/mol. The molecule has 1 aromatic rings. The fourth-order valence-electron chi connectivity index (χ4n) is 2.45. The second-order valence-corrected chi connectivity index (χ2v) is 6.29. The molecule has 19 heavy (non-hydrogen) atoms. The van der Waals surface area contributed by atoms with Crippen LogP contribution in [0.3, 0.4) is 0 Å². The van der Waals surface area contributed by atoms with Gasteiger partial charge in [-0.25, -0.2) is 0 Å². The Morgan fingerprint density at radius 2 is 1.74 bits per heavy atom. The summed E-state index contributed by atoms with van der Waals surface area (Å²) in [5.74, 6) is 0.183. The zero-order chi connectivity index (χ0) is 14.0. The smallest absolute Gasteiger partial charge is 0.219 e. The zero-order valence-electron chi connectivity index (χ0n) is 12.4. The van der Waals surface area contributed by atoms with E-state index in [1.165, 1.54) is 11.3 Å². The SMILES string of the molecule is CC(=O)N1CCN(c2cccc(C(C)(C)C)c2)CC1. The van der Waals surface area contributed by atoms with Crippen molar-refractivity contribution in [2.24, 2.45) is 0 Å². The molecule has 0 spiro atoms. The number of benzene rings is 1. The number of carbonyl (C=O) groups is 1. The fourth-order valence-corrected chi connectivity index (χ4v) is 2.45. The van der Waals surface area contributed by atoms with Crippen LogP contribution in [0.4, 0.5) is 5.69 Å². The van der Waals surface area contributed by atoms with Gasteiger partial charge in [0.05, 0.1) is 0 Å². The number of nitrogens with zero attached hydrogens (tertiary/aromatic N) is 2. The highest BCUT2D eigenvalue weighted by Crippen LogP contribution is 2.26. The average molecular weight is 260 g/mol. The van der Waals surface area contributed by atoms with Crippen LogP contribution in [-0.2, 0) is 10.2 Å². The number of amides is 1. The molecule has 0 radical (unpaired) electrons. The summed E-state index contributed by atoms with van der Waals surface area (Å²) in [6, 6.07) is 8.77. The number of carbonyl (C=O) groups excluding carboxylic acids is 1. The first-order valence-corrected chi connectivity index (χ1v) is 6.99. The summed E-state index contributed by atoms with van der Waals surface area (Å²) in [6.07, 6.45) is 0. The predicted octanol–water partition coefficient (Wildman–Crippen LogP) is 2.65. The van der Waals surface area contributed by atoms with Gasteiger partial charge in [0.2, 0.25) is 5.91 Å². The fraction of sp³-hybridized carbons (Fsp3) is 0.562. The maximum absolute atomic E-state index is 11.3. The van der Waals surface area contributed by atoms with E-state index in [1.807, 2.05) is 4.90 Å². The van der Waals surface area contributed by atoms with Gasteiger partial charge >= 0.3 is 0 Å². The average Bonchev–Trinajstić information content (AvgIpc) is 2.38. The van der Waals surface area contributed by atoms with E-state index in [2.05, 4.69) is 49.9 Å². The minimum atomic E-state index is 0.178. The first kappa shape index (κ1) is 13.9. The Balaban J connectivity index is 2.10. The van der Waals surface area contributed by atoms with Crippen LogP contribution < -0.4 is 4.90 Å². The van der Waals surface area contributed by atoms with Gasteiger partial charge in [-0.2, -0.15) is 0 Å². The molecule has 1 amide bonds. The first-order valence-electron chi connectivity index (χ1n) is 6.99. The lowest BCUT2D eigenvalue weighted by atomic mass is 9.87. The van der Waals surface area contributed by atoms with Gasteiger partial charge in [0, 0.05) is 38.8 Å². The maximum Gasteiger partial charge on any atom is 0.219 e. The third-order valence-corrected chi connectivity index (χ3v) is 3.80. The largest absolute Gasteiger partial charge is 0.368 e. The standard InChI is InChI=1S/C16H24N2O/c1-13(19)17-8-10-18(11-9-17)15-7-5-6-14(12-15)16(2,3)4/h5-7,12H,8-11H2,1-4H3. The molecule has 0 aromatic heterocycles. The molecule has 3 nitrogen and oxygen atoms in total. The third-order valence-electron chi connectivity index (χ3n) is 3.80. The van der Waals surface area contributed by atoms with Crippen LogP contribution in [0.2, 0.25) is 0 Å². The van der Waals surface area contributed by atoms with Crippen molar-refractivity contribution < 1.29 is 4.79 Å². The van der Waals surface area contributed by atoms with Gasteiger partial charge < -0.3 is 9.80 Å². The van der Waals surface area contributed by atoms with E-state index in [0.29, 0.717) is 0 Å². The molecule has 3 heteroatoms. The first-order chi connectivity index (χ1) is 8.88. The van der Waals surface area contributed by atoms with Crippen LogP contribution in [0.1, 0.15) is 33.3 Å². The van der Waals surface area contributed by atoms with Gasteiger partial charge in [0.1, 0.15) is 0 Å². The van der Waals surface area contributed by atoms with Crippen molar-refractivity contribution in [3.8, 4) is 0 Å². The van der Waals surface area contributed by atoms with Crippen molar-refractivity contribution in [3.05, 3.63) is 29.8 Å². The molecule has 0 aliphatic carbocycles. The van der Waals surface area contributed by atoms with Crippen LogP contribution in [-0.4, -0.2) is 37.0 Å². The number of piperazine rings is 1. The van der Waals surface area contributed by atoms with E-state index < -0.39 is 0 Å². The number of hydrogen-bond donors (Lipinski definition) is 0. The quantitative estimate of drug-likeness (QED) is 0.775. The van der Waals surface area contributed by atoms with Crippen LogP contribution in [0.15, 0.2) is 24.3 Å². The van der Waals surface area contributed by atoms with Crippen molar-refractivity contribution >= 4 is 11.6 Å². The predicted molar refractivity (Wildman–Crippen MR) is 79.6 cm³/mol. The molecular weight excluding hydrogens is 236 g/mol. The van der Waals surface area contributed by atoms with Gasteiger partial charge in [0.15, 0.2) is 0 Å². The Hall–Kier alpha value is -1.51. The highest BCUT2D eigenvalue weighted by molar-refractivity contribution is 5.73. The molecular formula is C16H24N2O.